The third kappa shape index (κ3) is 3.51. The van der Waals surface area contributed by atoms with E-state index in [4.69, 9.17) is 17.3 Å². The van der Waals surface area contributed by atoms with Gasteiger partial charge in [0.2, 0.25) is 0 Å². The summed E-state index contributed by atoms with van der Waals surface area (Å²) in [7, 11) is 0. The van der Waals surface area contributed by atoms with Gasteiger partial charge in [0.1, 0.15) is 0 Å². The van der Waals surface area contributed by atoms with E-state index in [-0.39, 0.29) is 11.3 Å². The van der Waals surface area contributed by atoms with E-state index in [0.717, 1.165) is 17.7 Å². The fraction of sp³-hybridized carbons (Fsp3) is 0.133. The minimum absolute atomic E-state index is 0.000807. The second kappa shape index (κ2) is 5.88. The summed E-state index contributed by atoms with van der Waals surface area (Å²) in [4.78, 5) is 12.0. The summed E-state index contributed by atoms with van der Waals surface area (Å²) < 4.78 is 38.3. The molecule has 2 aromatic rings. The Kier molecular flexibility index (Phi) is 4.32. The van der Waals surface area contributed by atoms with Gasteiger partial charge in [0.25, 0.3) is 5.91 Å². The number of carbonyl (C=O) groups is 1. The van der Waals surface area contributed by atoms with Crippen LogP contribution < -0.4 is 11.1 Å². The van der Waals surface area contributed by atoms with Gasteiger partial charge in [-0.3, -0.25) is 4.79 Å². The molecule has 1 amide bonds. The maximum Gasteiger partial charge on any atom is 0.417 e. The second-order valence-corrected chi connectivity index (χ2v) is 5.13. The Hall–Kier alpha value is -2.21. The third-order valence-electron chi connectivity index (χ3n) is 3.07. The molecular weight excluding hydrogens is 317 g/mol. The van der Waals surface area contributed by atoms with Crippen molar-refractivity contribution in [1.82, 2.24) is 0 Å². The van der Waals surface area contributed by atoms with Gasteiger partial charge >= 0.3 is 6.18 Å². The number of anilines is 2. The Labute approximate surface area is 129 Å². The highest BCUT2D eigenvalue weighted by atomic mass is 35.5. The van der Waals surface area contributed by atoms with Crippen LogP contribution >= 0.6 is 11.6 Å². The zero-order valence-corrected chi connectivity index (χ0v) is 12.2. The Morgan fingerprint density at radius 3 is 2.45 bits per heavy atom. The number of nitrogens with two attached hydrogens (primary N) is 1. The first-order chi connectivity index (χ1) is 10.2. The Morgan fingerprint density at radius 2 is 1.86 bits per heavy atom. The van der Waals surface area contributed by atoms with Crippen molar-refractivity contribution >= 4 is 28.9 Å². The van der Waals surface area contributed by atoms with Crippen molar-refractivity contribution in [2.45, 2.75) is 13.1 Å². The molecule has 7 heteroatoms. The summed E-state index contributed by atoms with van der Waals surface area (Å²) in [5.41, 5.74) is 6.20. The molecule has 2 rings (SSSR count). The van der Waals surface area contributed by atoms with E-state index >= 15 is 0 Å². The van der Waals surface area contributed by atoms with Crippen molar-refractivity contribution in [2.75, 3.05) is 11.1 Å². The third-order valence-corrected chi connectivity index (χ3v) is 3.40. The molecule has 0 atom stereocenters. The predicted octanol–water partition coefficient (Wildman–Crippen LogP) is 4.50. The number of nitrogens with one attached hydrogen (secondary N) is 1. The first-order valence-electron chi connectivity index (χ1n) is 6.22. The molecule has 0 saturated carbocycles. The van der Waals surface area contributed by atoms with Crippen LogP contribution in [0.1, 0.15) is 21.5 Å². The Bertz CT molecular complexity index is 729. The summed E-state index contributed by atoms with van der Waals surface area (Å²) in [6, 6.07) is 7.84. The monoisotopic (exact) mass is 328 g/mol. The molecule has 0 unspecified atom stereocenters. The molecule has 0 aromatic heterocycles. The van der Waals surface area contributed by atoms with Gasteiger partial charge in [0.05, 0.1) is 10.6 Å². The van der Waals surface area contributed by atoms with E-state index in [1.807, 2.05) is 0 Å². The molecule has 0 aliphatic heterocycles. The SMILES string of the molecule is Cc1ccc(C(=O)Nc2ccc(Cl)c(C(F)(F)F)c2)cc1N. The number of carbonyl (C=O) groups excluding carboxylic acids is 1. The van der Waals surface area contributed by atoms with Gasteiger partial charge in [-0.15, -0.1) is 0 Å². The fourth-order valence-corrected chi connectivity index (χ4v) is 2.03. The van der Waals surface area contributed by atoms with Gasteiger partial charge in [-0.1, -0.05) is 17.7 Å². The molecule has 3 N–H and O–H groups in total. The van der Waals surface area contributed by atoms with E-state index in [9.17, 15) is 18.0 Å². The molecule has 0 saturated heterocycles. The summed E-state index contributed by atoms with van der Waals surface area (Å²) in [5.74, 6) is -0.554. The van der Waals surface area contributed by atoms with Crippen molar-refractivity contribution < 1.29 is 18.0 Å². The lowest BCUT2D eigenvalue weighted by Gasteiger charge is -2.12. The standard InChI is InChI=1S/C15H12ClF3N2O/c1-8-2-3-9(6-13(8)20)14(22)21-10-4-5-12(16)11(7-10)15(17,18)19/h2-7H,20H2,1H3,(H,21,22). The molecule has 3 nitrogen and oxygen atoms in total. The largest absolute Gasteiger partial charge is 0.417 e. The summed E-state index contributed by atoms with van der Waals surface area (Å²) >= 11 is 5.52. The Balaban J connectivity index is 2.27. The van der Waals surface area contributed by atoms with E-state index in [2.05, 4.69) is 5.32 Å². The van der Waals surface area contributed by atoms with E-state index in [1.54, 1.807) is 19.1 Å². The number of alkyl halides is 3. The van der Waals surface area contributed by atoms with E-state index in [0.29, 0.717) is 5.69 Å². The molecule has 2 aromatic carbocycles. The second-order valence-electron chi connectivity index (χ2n) is 4.72. The molecule has 0 radical (unpaired) electrons. The van der Waals surface area contributed by atoms with Crippen LogP contribution in [0.15, 0.2) is 36.4 Å². The Morgan fingerprint density at radius 1 is 1.18 bits per heavy atom. The van der Waals surface area contributed by atoms with Crippen molar-refractivity contribution in [2.24, 2.45) is 0 Å². The smallest absolute Gasteiger partial charge is 0.398 e. The summed E-state index contributed by atoms with van der Waals surface area (Å²) in [6.45, 7) is 1.78. The number of halogens is 4. The van der Waals surface area contributed by atoms with Gasteiger partial charge in [-0.05, 0) is 42.8 Å². The van der Waals surface area contributed by atoms with Crippen LogP contribution in [0.2, 0.25) is 5.02 Å². The topological polar surface area (TPSA) is 55.1 Å². The zero-order chi connectivity index (χ0) is 16.5. The van der Waals surface area contributed by atoms with Crippen LogP contribution in [0.4, 0.5) is 24.5 Å². The number of benzene rings is 2. The maximum atomic E-state index is 12.8. The number of amides is 1. The van der Waals surface area contributed by atoms with Crippen molar-refractivity contribution in [3.63, 3.8) is 0 Å². The average Bonchev–Trinajstić information content (AvgIpc) is 2.42. The van der Waals surface area contributed by atoms with Gasteiger partial charge in [0.15, 0.2) is 0 Å². The van der Waals surface area contributed by atoms with Crippen LogP contribution in [0.25, 0.3) is 0 Å². The van der Waals surface area contributed by atoms with E-state index in [1.165, 1.54) is 12.1 Å². The zero-order valence-electron chi connectivity index (χ0n) is 11.5. The first-order valence-corrected chi connectivity index (χ1v) is 6.60. The average molecular weight is 329 g/mol. The number of nitrogen functional groups attached to an aromatic ring is 1. The lowest BCUT2D eigenvalue weighted by atomic mass is 10.1. The molecule has 0 aliphatic rings. The van der Waals surface area contributed by atoms with Gasteiger partial charge < -0.3 is 11.1 Å². The van der Waals surface area contributed by atoms with Gasteiger partial charge in [-0.25, -0.2) is 0 Å². The van der Waals surface area contributed by atoms with Crippen molar-refractivity contribution in [3.05, 3.63) is 58.1 Å². The minimum atomic E-state index is -4.59. The molecule has 116 valence electrons. The van der Waals surface area contributed by atoms with Crippen LogP contribution in [-0.4, -0.2) is 5.91 Å². The normalized spacial score (nSPS) is 11.3. The minimum Gasteiger partial charge on any atom is -0.398 e. The number of aryl methyl sites for hydroxylation is 1. The lowest BCUT2D eigenvalue weighted by molar-refractivity contribution is -0.137. The first kappa shape index (κ1) is 16.2. The molecule has 22 heavy (non-hydrogen) atoms. The highest BCUT2D eigenvalue weighted by Crippen LogP contribution is 2.36. The molecular formula is C15H12ClF3N2O. The van der Waals surface area contributed by atoms with Crippen LogP contribution in [0, 0.1) is 6.92 Å². The number of hydrogen-bond acceptors (Lipinski definition) is 2. The molecule has 0 heterocycles. The number of rotatable bonds is 2. The molecule has 0 bridgehead atoms. The number of hydrogen-bond donors (Lipinski definition) is 2. The highest BCUT2D eigenvalue weighted by molar-refractivity contribution is 6.31. The molecule has 0 fully saturated rings. The van der Waals surface area contributed by atoms with Crippen molar-refractivity contribution in [1.29, 1.82) is 0 Å². The van der Waals surface area contributed by atoms with Gasteiger partial charge in [0, 0.05) is 16.9 Å². The van der Waals surface area contributed by atoms with Crippen LogP contribution in [-0.2, 0) is 6.18 Å². The van der Waals surface area contributed by atoms with Crippen molar-refractivity contribution in [3.8, 4) is 0 Å². The maximum absolute atomic E-state index is 12.8. The summed E-state index contributed by atoms with van der Waals surface area (Å²) in [6.07, 6.45) is -4.59. The fourth-order valence-electron chi connectivity index (χ4n) is 1.81. The predicted molar refractivity (Wildman–Crippen MR) is 80.0 cm³/mol. The summed E-state index contributed by atoms with van der Waals surface area (Å²) in [5, 5.41) is 1.97. The highest BCUT2D eigenvalue weighted by Gasteiger charge is 2.33. The van der Waals surface area contributed by atoms with Crippen LogP contribution in [0.5, 0.6) is 0 Å². The van der Waals surface area contributed by atoms with E-state index < -0.39 is 22.7 Å². The molecule has 0 spiro atoms. The quantitative estimate of drug-likeness (QED) is 0.797. The molecule has 0 aliphatic carbocycles. The van der Waals surface area contributed by atoms with Crippen LogP contribution in [0.3, 0.4) is 0 Å². The lowest BCUT2D eigenvalue weighted by Crippen LogP contribution is -2.14. The van der Waals surface area contributed by atoms with Gasteiger partial charge in [-0.2, -0.15) is 13.2 Å².